The molecule has 0 spiro atoms. The Hall–Kier alpha value is -2.29. The van der Waals surface area contributed by atoms with Crippen LogP contribution in [-0.4, -0.2) is 65.0 Å². The predicted octanol–water partition coefficient (Wildman–Crippen LogP) is 2.63. The maximum atomic E-state index is 13.3. The minimum Gasteiger partial charge on any atom is -0.379 e. The lowest BCUT2D eigenvalue weighted by Crippen LogP contribution is -2.43. The number of nitrogens with zero attached hydrogens (tertiary/aromatic N) is 5. The van der Waals surface area contributed by atoms with E-state index in [1.54, 1.807) is 40.2 Å². The predicted molar refractivity (Wildman–Crippen MR) is 111 cm³/mol. The van der Waals surface area contributed by atoms with E-state index in [1.807, 2.05) is 0 Å². The van der Waals surface area contributed by atoms with E-state index < -0.39 is 0 Å². The second kappa shape index (κ2) is 7.98. The lowest BCUT2D eigenvalue weighted by molar-refractivity contribution is 0.0391. The minimum atomic E-state index is -0.0679. The molecule has 4 rings (SSSR count). The molecule has 1 saturated heterocycles. The summed E-state index contributed by atoms with van der Waals surface area (Å²) in [5.41, 5.74) is 3.92. The SMILES string of the molecule is Cc1ccc2sc(N(CCN3CCOCC3)C(=O)c3ccnn3C)nc2c1C. The molecule has 1 aliphatic rings. The minimum absolute atomic E-state index is 0.0679. The van der Waals surface area contributed by atoms with Gasteiger partial charge in [0.1, 0.15) is 5.69 Å². The van der Waals surface area contributed by atoms with E-state index in [4.69, 9.17) is 9.72 Å². The number of aryl methyl sites for hydroxylation is 3. The van der Waals surface area contributed by atoms with E-state index >= 15 is 0 Å². The highest BCUT2D eigenvalue weighted by molar-refractivity contribution is 7.22. The van der Waals surface area contributed by atoms with Crippen molar-refractivity contribution in [3.63, 3.8) is 0 Å². The number of aromatic nitrogens is 3. The van der Waals surface area contributed by atoms with E-state index in [0.29, 0.717) is 12.2 Å². The van der Waals surface area contributed by atoms with Crippen LogP contribution >= 0.6 is 11.3 Å². The van der Waals surface area contributed by atoms with Crippen LogP contribution < -0.4 is 4.90 Å². The third kappa shape index (κ3) is 3.67. The summed E-state index contributed by atoms with van der Waals surface area (Å²) in [6.07, 6.45) is 1.65. The van der Waals surface area contributed by atoms with Crippen molar-refractivity contribution in [1.82, 2.24) is 19.7 Å². The normalized spacial score (nSPS) is 15.2. The maximum absolute atomic E-state index is 13.3. The molecule has 148 valence electrons. The third-order valence-corrected chi connectivity index (χ3v) is 6.38. The zero-order chi connectivity index (χ0) is 19.7. The van der Waals surface area contributed by atoms with Gasteiger partial charge in [-0.3, -0.25) is 19.3 Å². The Kier molecular flexibility index (Phi) is 5.43. The van der Waals surface area contributed by atoms with Gasteiger partial charge in [0.25, 0.3) is 5.91 Å². The zero-order valence-electron chi connectivity index (χ0n) is 16.5. The van der Waals surface area contributed by atoms with Gasteiger partial charge in [-0.1, -0.05) is 17.4 Å². The number of carbonyl (C=O) groups excluding carboxylic acids is 1. The molecule has 0 aliphatic carbocycles. The summed E-state index contributed by atoms with van der Waals surface area (Å²) in [4.78, 5) is 22.3. The van der Waals surface area contributed by atoms with E-state index in [-0.39, 0.29) is 5.91 Å². The topological polar surface area (TPSA) is 63.5 Å². The molecule has 1 aromatic carbocycles. The van der Waals surface area contributed by atoms with Crippen LogP contribution in [0.25, 0.3) is 10.2 Å². The monoisotopic (exact) mass is 399 g/mol. The highest BCUT2D eigenvalue weighted by Crippen LogP contribution is 2.32. The molecule has 0 radical (unpaired) electrons. The Bertz CT molecular complexity index is 990. The van der Waals surface area contributed by atoms with Gasteiger partial charge < -0.3 is 4.74 Å². The number of hydrogen-bond donors (Lipinski definition) is 0. The number of thiazole rings is 1. The molecule has 3 aromatic rings. The largest absolute Gasteiger partial charge is 0.379 e. The summed E-state index contributed by atoms with van der Waals surface area (Å²) in [5, 5.41) is 4.90. The average molecular weight is 400 g/mol. The van der Waals surface area contributed by atoms with Gasteiger partial charge in [0.15, 0.2) is 5.13 Å². The van der Waals surface area contributed by atoms with Crippen LogP contribution in [0.3, 0.4) is 0 Å². The molecule has 1 aliphatic heterocycles. The molecule has 2 aromatic heterocycles. The lowest BCUT2D eigenvalue weighted by atomic mass is 10.1. The molecule has 0 saturated carbocycles. The fraction of sp³-hybridized carbons (Fsp3) is 0.450. The molecule has 0 atom stereocenters. The number of ether oxygens (including phenoxy) is 1. The van der Waals surface area contributed by atoms with Crippen LogP contribution in [-0.2, 0) is 11.8 Å². The summed E-state index contributed by atoms with van der Waals surface area (Å²) in [6, 6.07) is 5.96. The Labute approximate surface area is 168 Å². The second-order valence-electron chi connectivity index (χ2n) is 7.10. The number of benzene rings is 1. The number of carbonyl (C=O) groups is 1. The first-order valence-corrected chi connectivity index (χ1v) is 10.3. The van der Waals surface area contributed by atoms with Gasteiger partial charge in [0, 0.05) is 39.4 Å². The molecular formula is C20H25N5O2S. The van der Waals surface area contributed by atoms with Gasteiger partial charge in [-0.15, -0.1) is 0 Å². The molecule has 0 unspecified atom stereocenters. The molecule has 1 amide bonds. The van der Waals surface area contributed by atoms with Gasteiger partial charge in [0.05, 0.1) is 23.4 Å². The molecule has 28 heavy (non-hydrogen) atoms. The highest BCUT2D eigenvalue weighted by Gasteiger charge is 2.25. The van der Waals surface area contributed by atoms with Crippen molar-refractivity contribution < 1.29 is 9.53 Å². The number of morpholine rings is 1. The Morgan fingerprint density at radius 1 is 1.25 bits per heavy atom. The van der Waals surface area contributed by atoms with Crippen LogP contribution in [0.5, 0.6) is 0 Å². The van der Waals surface area contributed by atoms with Crippen molar-refractivity contribution in [2.24, 2.45) is 7.05 Å². The molecular weight excluding hydrogens is 374 g/mol. The van der Waals surface area contributed by atoms with Crippen molar-refractivity contribution in [3.8, 4) is 0 Å². The second-order valence-corrected chi connectivity index (χ2v) is 8.11. The zero-order valence-corrected chi connectivity index (χ0v) is 17.3. The standard InChI is InChI=1S/C20H25N5O2S/c1-14-4-5-17-18(15(14)2)22-20(28-17)25(9-8-24-10-12-27-13-11-24)19(26)16-6-7-21-23(16)3/h4-7H,8-13H2,1-3H3. The van der Waals surface area contributed by atoms with Crippen LogP contribution in [0.4, 0.5) is 5.13 Å². The van der Waals surface area contributed by atoms with Gasteiger partial charge in [-0.05, 0) is 37.1 Å². The number of amides is 1. The number of hydrogen-bond acceptors (Lipinski definition) is 6. The van der Waals surface area contributed by atoms with Crippen molar-refractivity contribution in [3.05, 3.63) is 41.2 Å². The molecule has 7 nitrogen and oxygen atoms in total. The van der Waals surface area contributed by atoms with Crippen molar-refractivity contribution in [1.29, 1.82) is 0 Å². The maximum Gasteiger partial charge on any atom is 0.278 e. The van der Waals surface area contributed by atoms with Crippen molar-refractivity contribution >= 4 is 32.6 Å². The Morgan fingerprint density at radius 3 is 2.75 bits per heavy atom. The van der Waals surface area contributed by atoms with Gasteiger partial charge in [0.2, 0.25) is 0 Å². The Morgan fingerprint density at radius 2 is 2.04 bits per heavy atom. The quantitative estimate of drug-likeness (QED) is 0.660. The smallest absolute Gasteiger partial charge is 0.278 e. The first kappa shape index (κ1) is 19.0. The summed E-state index contributed by atoms with van der Waals surface area (Å²) >= 11 is 1.57. The number of anilines is 1. The van der Waals surface area contributed by atoms with Gasteiger partial charge >= 0.3 is 0 Å². The van der Waals surface area contributed by atoms with Crippen LogP contribution in [0.1, 0.15) is 21.6 Å². The molecule has 8 heteroatoms. The number of fused-ring (bicyclic) bond motifs is 1. The van der Waals surface area contributed by atoms with Crippen molar-refractivity contribution in [2.75, 3.05) is 44.3 Å². The summed E-state index contributed by atoms with van der Waals surface area (Å²) in [5.74, 6) is -0.0679. The van der Waals surface area contributed by atoms with E-state index in [9.17, 15) is 4.79 Å². The first-order valence-electron chi connectivity index (χ1n) is 9.51. The summed E-state index contributed by atoms with van der Waals surface area (Å²) in [6.45, 7) is 8.83. The van der Waals surface area contributed by atoms with E-state index in [2.05, 4.69) is 36.0 Å². The number of rotatable bonds is 5. The average Bonchev–Trinajstić information content (AvgIpc) is 3.32. The summed E-state index contributed by atoms with van der Waals surface area (Å²) in [7, 11) is 1.79. The molecule has 0 N–H and O–H groups in total. The van der Waals surface area contributed by atoms with Crippen LogP contribution in [0, 0.1) is 13.8 Å². The molecule has 0 bridgehead atoms. The fourth-order valence-electron chi connectivity index (χ4n) is 3.40. The molecule has 1 fully saturated rings. The van der Waals surface area contributed by atoms with Crippen LogP contribution in [0.15, 0.2) is 24.4 Å². The van der Waals surface area contributed by atoms with Crippen LogP contribution in [0.2, 0.25) is 0 Å². The third-order valence-electron chi connectivity index (χ3n) is 5.33. The molecule has 3 heterocycles. The van der Waals surface area contributed by atoms with Gasteiger partial charge in [-0.25, -0.2) is 4.98 Å². The van der Waals surface area contributed by atoms with E-state index in [1.165, 1.54) is 11.1 Å². The Balaban J connectivity index is 1.66. The summed E-state index contributed by atoms with van der Waals surface area (Å²) < 4.78 is 8.16. The lowest BCUT2D eigenvalue weighted by Gasteiger charge is -2.29. The van der Waals surface area contributed by atoms with Crippen molar-refractivity contribution in [2.45, 2.75) is 13.8 Å². The fourth-order valence-corrected chi connectivity index (χ4v) is 4.45. The van der Waals surface area contributed by atoms with E-state index in [0.717, 1.165) is 48.2 Å². The van der Waals surface area contributed by atoms with Gasteiger partial charge in [-0.2, -0.15) is 5.10 Å². The first-order chi connectivity index (χ1) is 13.5. The highest BCUT2D eigenvalue weighted by atomic mass is 32.1.